The predicted molar refractivity (Wildman–Crippen MR) is 74.5 cm³/mol. The summed E-state index contributed by atoms with van der Waals surface area (Å²) in [6.07, 6.45) is 0.755. The van der Waals surface area contributed by atoms with Gasteiger partial charge in [-0.2, -0.15) is 0 Å². The van der Waals surface area contributed by atoms with E-state index < -0.39 is 5.97 Å². The maximum Gasteiger partial charge on any atom is 0.344 e. The van der Waals surface area contributed by atoms with Crippen molar-refractivity contribution in [3.8, 4) is 11.3 Å². The fourth-order valence-electron chi connectivity index (χ4n) is 2.10. The van der Waals surface area contributed by atoms with Crippen LogP contribution in [0.2, 0.25) is 0 Å². The molecule has 2 aromatic rings. The van der Waals surface area contributed by atoms with E-state index in [4.69, 9.17) is 9.26 Å². The zero-order chi connectivity index (χ0) is 14.7. The number of carbonyl (C=O) groups excluding carboxylic acids is 1. The summed E-state index contributed by atoms with van der Waals surface area (Å²) in [5.41, 5.74) is 3.53. The average Bonchev–Trinajstić information content (AvgIpc) is 2.80. The number of aromatic nitrogens is 2. The van der Waals surface area contributed by atoms with Gasteiger partial charge in [0.1, 0.15) is 17.0 Å². The highest BCUT2D eigenvalue weighted by atomic mass is 16.5. The van der Waals surface area contributed by atoms with Crippen molar-refractivity contribution in [2.24, 2.45) is 0 Å². The van der Waals surface area contributed by atoms with Crippen molar-refractivity contribution in [1.82, 2.24) is 10.1 Å². The highest BCUT2D eigenvalue weighted by Crippen LogP contribution is 2.28. The number of carbonyl (C=O) groups is 1. The van der Waals surface area contributed by atoms with Crippen molar-refractivity contribution in [1.29, 1.82) is 0 Å². The molecule has 0 aliphatic rings. The molecule has 0 saturated carbocycles. The van der Waals surface area contributed by atoms with E-state index in [2.05, 4.69) is 10.1 Å². The first-order valence-corrected chi connectivity index (χ1v) is 6.68. The molecule has 0 bridgehead atoms. The van der Waals surface area contributed by atoms with Gasteiger partial charge in [-0.1, -0.05) is 12.1 Å². The molecule has 0 N–H and O–H groups in total. The lowest BCUT2D eigenvalue weighted by atomic mass is 10.0. The van der Waals surface area contributed by atoms with Crippen LogP contribution in [0, 0.1) is 13.8 Å². The molecule has 0 aliphatic heterocycles. The molecular weight excluding hydrogens is 256 g/mol. The van der Waals surface area contributed by atoms with Gasteiger partial charge in [0.15, 0.2) is 0 Å². The molecule has 0 saturated heterocycles. The molecule has 0 spiro atoms. The molecule has 0 atom stereocenters. The van der Waals surface area contributed by atoms with Crippen LogP contribution in [0.15, 0.2) is 16.7 Å². The van der Waals surface area contributed by atoms with E-state index in [9.17, 15) is 4.79 Å². The fraction of sp³-hybridized carbons (Fsp3) is 0.400. The van der Waals surface area contributed by atoms with Crippen LogP contribution in [0.25, 0.3) is 11.3 Å². The lowest BCUT2D eigenvalue weighted by Gasteiger charge is -2.07. The average molecular weight is 274 g/mol. The summed E-state index contributed by atoms with van der Waals surface area (Å²) in [5.74, 6) is 0.0463. The van der Waals surface area contributed by atoms with E-state index in [0.717, 1.165) is 23.4 Å². The van der Waals surface area contributed by atoms with Gasteiger partial charge in [-0.25, -0.2) is 4.79 Å². The summed E-state index contributed by atoms with van der Waals surface area (Å²) >= 11 is 0. The number of hydrogen-bond donors (Lipinski definition) is 0. The summed E-state index contributed by atoms with van der Waals surface area (Å²) in [6.45, 7) is 7.74. The number of pyridine rings is 1. The molecule has 2 rings (SSSR count). The van der Waals surface area contributed by atoms with Crippen LogP contribution in [0.5, 0.6) is 0 Å². The molecule has 0 aromatic carbocycles. The number of nitrogens with zero attached hydrogens (tertiary/aromatic N) is 2. The van der Waals surface area contributed by atoms with Crippen molar-refractivity contribution >= 4 is 5.97 Å². The van der Waals surface area contributed by atoms with Gasteiger partial charge >= 0.3 is 5.97 Å². The maximum atomic E-state index is 12.0. The predicted octanol–water partition coefficient (Wildman–Crippen LogP) is 3.09. The van der Waals surface area contributed by atoms with Crippen molar-refractivity contribution in [2.45, 2.75) is 34.1 Å². The molecule has 20 heavy (non-hydrogen) atoms. The number of rotatable bonds is 4. The number of aryl methyl sites for hydroxylation is 3. The molecule has 5 nitrogen and oxygen atoms in total. The quantitative estimate of drug-likeness (QED) is 0.801. The van der Waals surface area contributed by atoms with Crippen LogP contribution in [-0.4, -0.2) is 22.7 Å². The Bertz CT molecular complexity index is 632. The van der Waals surface area contributed by atoms with Gasteiger partial charge in [0.25, 0.3) is 0 Å². The fourth-order valence-corrected chi connectivity index (χ4v) is 2.10. The molecule has 0 aliphatic carbocycles. The Balaban J connectivity index is 2.56. The minimum Gasteiger partial charge on any atom is -0.462 e. The number of ether oxygens (including phenoxy) is 1. The minimum absolute atomic E-state index is 0.315. The largest absolute Gasteiger partial charge is 0.462 e. The Morgan fingerprint density at radius 3 is 2.70 bits per heavy atom. The maximum absolute atomic E-state index is 12.0. The second kappa shape index (κ2) is 5.86. The summed E-state index contributed by atoms with van der Waals surface area (Å²) in [5, 5.41) is 4.01. The van der Waals surface area contributed by atoms with E-state index >= 15 is 0 Å². The van der Waals surface area contributed by atoms with Gasteiger partial charge in [0.05, 0.1) is 6.61 Å². The standard InChI is InChI=1S/C15H18N2O3/c1-5-12-11(8-7-9(3)16-12)14-13(10(4)20-17-14)15(18)19-6-2/h7-8H,5-6H2,1-4H3. The van der Waals surface area contributed by atoms with Crippen molar-refractivity contribution < 1.29 is 14.1 Å². The van der Waals surface area contributed by atoms with Gasteiger partial charge in [0.2, 0.25) is 0 Å². The number of esters is 1. The molecule has 106 valence electrons. The Kier molecular flexibility index (Phi) is 4.17. The van der Waals surface area contributed by atoms with Gasteiger partial charge in [0, 0.05) is 17.0 Å². The molecule has 0 radical (unpaired) electrons. The van der Waals surface area contributed by atoms with Crippen molar-refractivity contribution in [3.05, 3.63) is 34.8 Å². The van der Waals surface area contributed by atoms with Crippen molar-refractivity contribution in [2.75, 3.05) is 6.61 Å². The highest BCUT2D eigenvalue weighted by molar-refractivity contribution is 5.97. The first kappa shape index (κ1) is 14.2. The molecule has 2 aromatic heterocycles. The van der Waals surface area contributed by atoms with Crippen LogP contribution in [0.1, 0.15) is 41.4 Å². The van der Waals surface area contributed by atoms with E-state index in [1.807, 2.05) is 26.0 Å². The monoisotopic (exact) mass is 274 g/mol. The minimum atomic E-state index is -0.413. The van der Waals surface area contributed by atoms with Gasteiger partial charge in [-0.3, -0.25) is 4.98 Å². The third kappa shape index (κ3) is 2.57. The third-order valence-electron chi connectivity index (χ3n) is 3.05. The van der Waals surface area contributed by atoms with Gasteiger partial charge in [-0.05, 0) is 39.3 Å². The SMILES string of the molecule is CCOC(=O)c1c(-c2ccc(C)nc2CC)noc1C. The molecule has 0 fully saturated rings. The van der Waals surface area contributed by atoms with Crippen LogP contribution in [0.4, 0.5) is 0 Å². The van der Waals surface area contributed by atoms with Crippen molar-refractivity contribution in [3.63, 3.8) is 0 Å². The van der Waals surface area contributed by atoms with E-state index in [0.29, 0.717) is 23.6 Å². The second-order valence-corrected chi connectivity index (χ2v) is 4.48. The second-order valence-electron chi connectivity index (χ2n) is 4.48. The Morgan fingerprint density at radius 2 is 2.05 bits per heavy atom. The Morgan fingerprint density at radius 1 is 1.30 bits per heavy atom. The van der Waals surface area contributed by atoms with E-state index in [-0.39, 0.29) is 0 Å². The van der Waals surface area contributed by atoms with Crippen LogP contribution >= 0.6 is 0 Å². The smallest absolute Gasteiger partial charge is 0.344 e. The summed E-state index contributed by atoms with van der Waals surface area (Å²) < 4.78 is 10.2. The first-order chi connectivity index (χ1) is 9.58. The zero-order valence-electron chi connectivity index (χ0n) is 12.2. The molecule has 2 heterocycles. The molecule has 5 heteroatoms. The summed E-state index contributed by atoms with van der Waals surface area (Å²) in [7, 11) is 0. The highest BCUT2D eigenvalue weighted by Gasteiger charge is 2.24. The number of hydrogen-bond acceptors (Lipinski definition) is 5. The van der Waals surface area contributed by atoms with Gasteiger partial charge in [-0.15, -0.1) is 0 Å². The van der Waals surface area contributed by atoms with E-state index in [1.54, 1.807) is 13.8 Å². The summed E-state index contributed by atoms with van der Waals surface area (Å²) in [6, 6.07) is 3.81. The van der Waals surface area contributed by atoms with E-state index in [1.165, 1.54) is 0 Å². The zero-order valence-corrected chi connectivity index (χ0v) is 12.2. The Labute approximate surface area is 118 Å². The van der Waals surface area contributed by atoms with Crippen LogP contribution in [-0.2, 0) is 11.2 Å². The van der Waals surface area contributed by atoms with Crippen LogP contribution in [0.3, 0.4) is 0 Å². The lowest BCUT2D eigenvalue weighted by Crippen LogP contribution is -2.07. The first-order valence-electron chi connectivity index (χ1n) is 6.68. The lowest BCUT2D eigenvalue weighted by molar-refractivity contribution is 0.0525. The summed E-state index contributed by atoms with van der Waals surface area (Å²) in [4.78, 5) is 16.5. The van der Waals surface area contributed by atoms with Crippen LogP contribution < -0.4 is 0 Å². The Hall–Kier alpha value is -2.17. The molecule has 0 unspecified atom stereocenters. The molecular formula is C15H18N2O3. The topological polar surface area (TPSA) is 65.2 Å². The third-order valence-corrected chi connectivity index (χ3v) is 3.05. The van der Waals surface area contributed by atoms with Gasteiger partial charge < -0.3 is 9.26 Å². The molecule has 0 amide bonds. The normalized spacial score (nSPS) is 10.6.